The van der Waals surface area contributed by atoms with Crippen LogP contribution in [0, 0.1) is 0 Å². The number of nitrogens with zero attached hydrogens (tertiary/aromatic N) is 1. The molecule has 3 rings (SSSR count). The summed E-state index contributed by atoms with van der Waals surface area (Å²) in [7, 11) is -3.36. The molecule has 0 spiro atoms. The quantitative estimate of drug-likeness (QED) is 0.583. The highest BCUT2D eigenvalue weighted by molar-refractivity contribution is 7.94. The Hall–Kier alpha value is -3.00. The topological polar surface area (TPSA) is 82.1 Å². The predicted octanol–water partition coefficient (Wildman–Crippen LogP) is 3.84. The van der Waals surface area contributed by atoms with Crippen LogP contribution in [0.2, 0.25) is 0 Å². The summed E-state index contributed by atoms with van der Waals surface area (Å²) in [5, 5.41) is 1.16. The number of sulfone groups is 1. The molecule has 1 heterocycles. The number of hydrogen-bond donors (Lipinski definition) is 0. The van der Waals surface area contributed by atoms with E-state index in [-0.39, 0.29) is 11.7 Å². The van der Waals surface area contributed by atoms with E-state index in [0.29, 0.717) is 48.3 Å². The summed E-state index contributed by atoms with van der Waals surface area (Å²) in [4.78, 5) is 15.0. The highest BCUT2D eigenvalue weighted by atomic mass is 32.2. The molecule has 1 aliphatic heterocycles. The summed E-state index contributed by atoms with van der Waals surface area (Å²) in [6.45, 7) is 7.03. The fraction of sp³-hybridized carbons (Fsp3) is 0.348. The van der Waals surface area contributed by atoms with E-state index in [1.54, 1.807) is 48.5 Å². The van der Waals surface area contributed by atoms with Gasteiger partial charge in [0.05, 0.1) is 31.6 Å². The Kier molecular flexibility index (Phi) is 7.22. The molecule has 0 radical (unpaired) electrons. The maximum Gasteiger partial charge on any atom is 0.258 e. The summed E-state index contributed by atoms with van der Waals surface area (Å²) < 4.78 is 40.8. The third-order valence-corrected chi connectivity index (χ3v) is 6.06. The monoisotopic (exact) mass is 445 g/mol. The second kappa shape index (κ2) is 9.87. The van der Waals surface area contributed by atoms with Crippen molar-refractivity contribution < 1.29 is 27.4 Å². The molecule has 166 valence electrons. The SMILES string of the molecule is CCOc1ccc(N(C(=O)c2ccc(OCC)c(OCC)c2)C2C=CS(=O)(=O)C2)cc1. The average Bonchev–Trinajstić information content (AvgIpc) is 3.10. The van der Waals surface area contributed by atoms with E-state index in [2.05, 4.69) is 0 Å². The van der Waals surface area contributed by atoms with E-state index in [1.165, 1.54) is 4.90 Å². The van der Waals surface area contributed by atoms with Gasteiger partial charge in [0.25, 0.3) is 5.91 Å². The fourth-order valence-electron chi connectivity index (χ4n) is 3.37. The zero-order valence-corrected chi connectivity index (χ0v) is 18.7. The Morgan fingerprint density at radius 3 is 2.16 bits per heavy atom. The minimum Gasteiger partial charge on any atom is -0.494 e. The summed E-state index contributed by atoms with van der Waals surface area (Å²) in [5.74, 6) is 1.20. The molecule has 1 amide bonds. The zero-order chi connectivity index (χ0) is 22.4. The molecule has 7 nitrogen and oxygen atoms in total. The van der Waals surface area contributed by atoms with E-state index < -0.39 is 15.9 Å². The van der Waals surface area contributed by atoms with E-state index in [0.717, 1.165) is 5.41 Å². The lowest BCUT2D eigenvalue weighted by Gasteiger charge is -2.28. The number of hydrogen-bond acceptors (Lipinski definition) is 6. The molecule has 0 N–H and O–H groups in total. The minimum atomic E-state index is -3.36. The van der Waals surface area contributed by atoms with Crippen LogP contribution in [0.15, 0.2) is 53.9 Å². The molecular weight excluding hydrogens is 418 g/mol. The van der Waals surface area contributed by atoms with Gasteiger partial charge < -0.3 is 19.1 Å². The van der Waals surface area contributed by atoms with Crippen molar-refractivity contribution >= 4 is 21.4 Å². The first-order valence-corrected chi connectivity index (χ1v) is 12.0. The molecule has 0 fully saturated rings. The van der Waals surface area contributed by atoms with Crippen LogP contribution < -0.4 is 19.1 Å². The van der Waals surface area contributed by atoms with Crippen LogP contribution in [0.1, 0.15) is 31.1 Å². The van der Waals surface area contributed by atoms with Crippen molar-refractivity contribution in [2.24, 2.45) is 0 Å². The predicted molar refractivity (Wildman–Crippen MR) is 120 cm³/mol. The van der Waals surface area contributed by atoms with Crippen molar-refractivity contribution in [3.63, 3.8) is 0 Å². The maximum atomic E-state index is 13.5. The number of carbonyl (C=O) groups is 1. The Bertz CT molecular complexity index is 1050. The first kappa shape index (κ1) is 22.7. The van der Waals surface area contributed by atoms with Gasteiger partial charge in [-0.25, -0.2) is 8.42 Å². The summed E-state index contributed by atoms with van der Waals surface area (Å²) in [6.07, 6.45) is 1.54. The summed E-state index contributed by atoms with van der Waals surface area (Å²) >= 11 is 0. The molecule has 0 aliphatic carbocycles. The average molecular weight is 446 g/mol. The van der Waals surface area contributed by atoms with Gasteiger partial charge >= 0.3 is 0 Å². The van der Waals surface area contributed by atoms with Gasteiger partial charge in [0.15, 0.2) is 21.3 Å². The van der Waals surface area contributed by atoms with Crippen LogP contribution in [0.3, 0.4) is 0 Å². The van der Waals surface area contributed by atoms with Crippen LogP contribution >= 0.6 is 0 Å². The molecule has 2 aromatic rings. The molecule has 0 bridgehead atoms. The molecule has 0 aromatic heterocycles. The molecule has 31 heavy (non-hydrogen) atoms. The van der Waals surface area contributed by atoms with Crippen LogP contribution in [0.5, 0.6) is 17.2 Å². The zero-order valence-electron chi connectivity index (χ0n) is 17.9. The van der Waals surface area contributed by atoms with E-state index >= 15 is 0 Å². The van der Waals surface area contributed by atoms with E-state index in [4.69, 9.17) is 14.2 Å². The Morgan fingerprint density at radius 1 is 0.935 bits per heavy atom. The number of carbonyl (C=O) groups excluding carboxylic acids is 1. The molecule has 1 unspecified atom stereocenters. The normalized spacial score (nSPS) is 16.7. The van der Waals surface area contributed by atoms with Gasteiger partial charge in [-0.3, -0.25) is 4.79 Å². The Balaban J connectivity index is 2.00. The van der Waals surface area contributed by atoms with Gasteiger partial charge in [-0.15, -0.1) is 0 Å². The second-order valence-electron chi connectivity index (χ2n) is 6.86. The number of rotatable bonds is 9. The van der Waals surface area contributed by atoms with Crippen molar-refractivity contribution in [1.82, 2.24) is 0 Å². The largest absolute Gasteiger partial charge is 0.494 e. The van der Waals surface area contributed by atoms with Crippen molar-refractivity contribution in [3.05, 3.63) is 59.5 Å². The number of anilines is 1. The van der Waals surface area contributed by atoms with Crippen LogP contribution in [0.25, 0.3) is 0 Å². The Morgan fingerprint density at radius 2 is 1.58 bits per heavy atom. The van der Waals surface area contributed by atoms with Gasteiger partial charge in [0, 0.05) is 16.7 Å². The second-order valence-corrected chi connectivity index (χ2v) is 8.79. The number of benzene rings is 2. The highest BCUT2D eigenvalue weighted by Crippen LogP contribution is 2.32. The first-order chi connectivity index (χ1) is 14.9. The minimum absolute atomic E-state index is 0.165. The molecule has 8 heteroatoms. The molecule has 1 aliphatic rings. The standard InChI is InChI=1S/C23H27NO6S/c1-4-28-20-10-8-18(9-11-20)24(19-13-14-31(26,27)16-19)23(25)17-7-12-21(29-5-2)22(15-17)30-6-3/h7-15,19H,4-6,16H2,1-3H3. The van der Waals surface area contributed by atoms with Gasteiger partial charge in [-0.05, 0) is 69.3 Å². The number of amides is 1. The molecular formula is C23H27NO6S. The van der Waals surface area contributed by atoms with Crippen molar-refractivity contribution in [3.8, 4) is 17.2 Å². The lowest BCUT2D eigenvalue weighted by atomic mass is 10.1. The number of ether oxygens (including phenoxy) is 3. The highest BCUT2D eigenvalue weighted by Gasteiger charge is 2.32. The van der Waals surface area contributed by atoms with Crippen molar-refractivity contribution in [2.45, 2.75) is 26.8 Å². The fourth-order valence-corrected chi connectivity index (χ4v) is 4.64. The van der Waals surface area contributed by atoms with Gasteiger partial charge in [-0.1, -0.05) is 0 Å². The van der Waals surface area contributed by atoms with Gasteiger partial charge in [-0.2, -0.15) is 0 Å². The van der Waals surface area contributed by atoms with E-state index in [1.807, 2.05) is 20.8 Å². The van der Waals surface area contributed by atoms with Gasteiger partial charge in [0.1, 0.15) is 5.75 Å². The Labute approximate surface area is 183 Å². The van der Waals surface area contributed by atoms with Crippen molar-refractivity contribution in [1.29, 1.82) is 0 Å². The van der Waals surface area contributed by atoms with Crippen molar-refractivity contribution in [2.75, 3.05) is 30.5 Å². The third kappa shape index (κ3) is 5.38. The molecule has 0 saturated carbocycles. The lowest BCUT2D eigenvalue weighted by molar-refractivity contribution is 0.0982. The first-order valence-electron chi connectivity index (χ1n) is 10.3. The van der Waals surface area contributed by atoms with Gasteiger partial charge in [0.2, 0.25) is 0 Å². The molecule has 1 atom stereocenters. The smallest absolute Gasteiger partial charge is 0.258 e. The molecule has 2 aromatic carbocycles. The molecule has 0 saturated heterocycles. The van der Waals surface area contributed by atoms with E-state index in [9.17, 15) is 13.2 Å². The lowest BCUT2D eigenvalue weighted by Crippen LogP contribution is -2.41. The maximum absolute atomic E-state index is 13.5. The summed E-state index contributed by atoms with van der Waals surface area (Å²) in [5.41, 5.74) is 0.950. The van der Waals surface area contributed by atoms with Crippen LogP contribution in [0.4, 0.5) is 5.69 Å². The third-order valence-electron chi connectivity index (χ3n) is 4.68. The van der Waals surface area contributed by atoms with Crippen LogP contribution in [-0.2, 0) is 9.84 Å². The van der Waals surface area contributed by atoms with Crippen LogP contribution in [-0.4, -0.2) is 45.9 Å². The summed E-state index contributed by atoms with van der Waals surface area (Å²) in [6, 6.07) is 11.4.